The van der Waals surface area contributed by atoms with Crippen LogP contribution in [0.3, 0.4) is 0 Å². The first-order valence-electron chi connectivity index (χ1n) is 6.76. The van der Waals surface area contributed by atoms with Crippen molar-refractivity contribution in [3.05, 3.63) is 0 Å². The first-order valence-corrected chi connectivity index (χ1v) is 6.76. The van der Waals surface area contributed by atoms with E-state index in [1.54, 1.807) is 0 Å². The van der Waals surface area contributed by atoms with Crippen LogP contribution in [0, 0.1) is 5.92 Å². The summed E-state index contributed by atoms with van der Waals surface area (Å²) in [6, 6.07) is 0.738. The molecular formula is C13H25NO. The number of hydrogen-bond donors (Lipinski definition) is 1. The van der Waals surface area contributed by atoms with Crippen molar-refractivity contribution in [3.8, 4) is 0 Å². The summed E-state index contributed by atoms with van der Waals surface area (Å²) < 4.78 is 5.70. The van der Waals surface area contributed by atoms with Crippen LogP contribution in [0.2, 0.25) is 0 Å². The average Bonchev–Trinajstić information content (AvgIpc) is 2.22. The highest BCUT2D eigenvalue weighted by Gasteiger charge is 2.16. The Kier molecular flexibility index (Phi) is 4.94. The van der Waals surface area contributed by atoms with E-state index < -0.39 is 0 Å². The maximum absolute atomic E-state index is 5.70. The third kappa shape index (κ3) is 4.12. The van der Waals surface area contributed by atoms with Gasteiger partial charge in [-0.2, -0.15) is 0 Å². The molecule has 1 aliphatic carbocycles. The molecule has 2 heteroatoms. The lowest BCUT2D eigenvalue weighted by Crippen LogP contribution is -2.34. The molecule has 1 saturated carbocycles. The van der Waals surface area contributed by atoms with Crippen molar-refractivity contribution in [2.24, 2.45) is 5.92 Å². The van der Waals surface area contributed by atoms with Crippen LogP contribution in [0.25, 0.3) is 0 Å². The lowest BCUT2D eigenvalue weighted by Gasteiger charge is -2.25. The molecule has 1 saturated heterocycles. The summed E-state index contributed by atoms with van der Waals surface area (Å²) in [6.07, 6.45) is 11.0. The summed E-state index contributed by atoms with van der Waals surface area (Å²) in [5.41, 5.74) is 0. The summed E-state index contributed by atoms with van der Waals surface area (Å²) >= 11 is 0. The molecule has 0 spiro atoms. The van der Waals surface area contributed by atoms with Crippen LogP contribution < -0.4 is 5.32 Å². The zero-order valence-electron chi connectivity index (χ0n) is 9.84. The molecule has 2 rings (SSSR count). The number of piperidine rings is 1. The maximum atomic E-state index is 5.70. The Balaban J connectivity index is 1.40. The van der Waals surface area contributed by atoms with E-state index in [9.17, 15) is 0 Å². The molecule has 2 nitrogen and oxygen atoms in total. The Morgan fingerprint density at radius 1 is 0.933 bits per heavy atom. The van der Waals surface area contributed by atoms with Gasteiger partial charge in [0, 0.05) is 19.3 Å². The Bertz CT molecular complexity index is 162. The van der Waals surface area contributed by atoms with Gasteiger partial charge in [-0.05, 0) is 38.1 Å². The highest BCUT2D eigenvalue weighted by atomic mass is 16.5. The molecule has 1 N–H and O–H groups in total. The molecule has 1 atom stereocenters. The molecule has 1 heterocycles. The fourth-order valence-corrected chi connectivity index (χ4v) is 2.53. The smallest absolute Gasteiger partial charge is 0.0480 e. The van der Waals surface area contributed by atoms with Gasteiger partial charge in [-0.25, -0.2) is 0 Å². The maximum Gasteiger partial charge on any atom is 0.0480 e. The second-order valence-electron chi connectivity index (χ2n) is 5.13. The highest BCUT2D eigenvalue weighted by molar-refractivity contribution is 4.72. The van der Waals surface area contributed by atoms with Crippen LogP contribution in [0.1, 0.15) is 51.4 Å². The number of hydrogen-bond acceptors (Lipinski definition) is 2. The van der Waals surface area contributed by atoms with Gasteiger partial charge in [0.15, 0.2) is 0 Å². The Labute approximate surface area is 93.8 Å². The van der Waals surface area contributed by atoms with Crippen molar-refractivity contribution in [2.45, 2.75) is 57.4 Å². The van der Waals surface area contributed by atoms with Crippen molar-refractivity contribution in [1.82, 2.24) is 5.32 Å². The molecule has 15 heavy (non-hydrogen) atoms. The first kappa shape index (κ1) is 11.4. The van der Waals surface area contributed by atoms with Crippen molar-refractivity contribution < 1.29 is 4.74 Å². The van der Waals surface area contributed by atoms with Crippen molar-refractivity contribution in [2.75, 3.05) is 19.8 Å². The van der Waals surface area contributed by atoms with Crippen LogP contribution in [0.15, 0.2) is 0 Å². The quantitative estimate of drug-likeness (QED) is 0.682. The summed E-state index contributed by atoms with van der Waals surface area (Å²) in [5.74, 6) is 0.998. The van der Waals surface area contributed by atoms with Gasteiger partial charge in [0.2, 0.25) is 0 Å². The molecule has 88 valence electrons. The van der Waals surface area contributed by atoms with E-state index >= 15 is 0 Å². The van der Waals surface area contributed by atoms with Crippen LogP contribution in [0.4, 0.5) is 0 Å². The molecule has 0 bridgehead atoms. The molecule has 0 aromatic carbocycles. The summed E-state index contributed by atoms with van der Waals surface area (Å²) in [5, 5.41) is 3.56. The van der Waals surface area contributed by atoms with Crippen molar-refractivity contribution >= 4 is 0 Å². The Hall–Kier alpha value is -0.0800. The molecule has 1 unspecified atom stereocenters. The van der Waals surface area contributed by atoms with Crippen molar-refractivity contribution in [3.63, 3.8) is 0 Å². The molecule has 0 amide bonds. The minimum atomic E-state index is 0.738. The SMILES string of the molecule is C1CCC(CCOCCC2CCC2)NC1. The number of nitrogens with one attached hydrogen (secondary N) is 1. The Morgan fingerprint density at radius 2 is 1.80 bits per heavy atom. The van der Waals surface area contributed by atoms with Gasteiger partial charge >= 0.3 is 0 Å². The van der Waals surface area contributed by atoms with E-state index in [-0.39, 0.29) is 0 Å². The summed E-state index contributed by atoms with van der Waals surface area (Å²) in [4.78, 5) is 0. The van der Waals surface area contributed by atoms with E-state index in [1.165, 1.54) is 57.9 Å². The third-order valence-corrected chi connectivity index (χ3v) is 3.92. The number of ether oxygens (including phenoxy) is 1. The first-order chi connectivity index (χ1) is 7.45. The topological polar surface area (TPSA) is 21.3 Å². The standard InChI is InChI=1S/C13H25NO/c1-2-9-14-13(6-1)8-11-15-10-7-12-4-3-5-12/h12-14H,1-11H2. The van der Waals surface area contributed by atoms with Gasteiger partial charge in [-0.3, -0.25) is 0 Å². The van der Waals surface area contributed by atoms with Gasteiger partial charge in [0.05, 0.1) is 0 Å². The fraction of sp³-hybridized carbons (Fsp3) is 1.00. The normalized spacial score (nSPS) is 27.6. The van der Waals surface area contributed by atoms with E-state index in [0.717, 1.165) is 25.2 Å². The zero-order chi connectivity index (χ0) is 10.3. The van der Waals surface area contributed by atoms with Gasteiger partial charge in [-0.1, -0.05) is 25.7 Å². The van der Waals surface area contributed by atoms with E-state index in [2.05, 4.69) is 5.32 Å². The third-order valence-electron chi connectivity index (χ3n) is 3.92. The molecule has 0 aromatic heterocycles. The lowest BCUT2D eigenvalue weighted by atomic mass is 9.83. The predicted octanol–water partition coefficient (Wildman–Crippen LogP) is 2.73. The van der Waals surface area contributed by atoms with E-state index in [1.807, 2.05) is 0 Å². The minimum Gasteiger partial charge on any atom is -0.381 e. The molecule has 0 radical (unpaired) electrons. The van der Waals surface area contributed by atoms with E-state index in [0.29, 0.717) is 0 Å². The van der Waals surface area contributed by atoms with Gasteiger partial charge in [0.25, 0.3) is 0 Å². The van der Waals surface area contributed by atoms with Crippen molar-refractivity contribution in [1.29, 1.82) is 0 Å². The van der Waals surface area contributed by atoms with Gasteiger partial charge in [0.1, 0.15) is 0 Å². The molecule has 1 aliphatic heterocycles. The van der Waals surface area contributed by atoms with Crippen LogP contribution in [0.5, 0.6) is 0 Å². The monoisotopic (exact) mass is 211 g/mol. The van der Waals surface area contributed by atoms with Gasteiger partial charge in [-0.15, -0.1) is 0 Å². The van der Waals surface area contributed by atoms with Crippen LogP contribution >= 0.6 is 0 Å². The van der Waals surface area contributed by atoms with Crippen LogP contribution in [-0.4, -0.2) is 25.8 Å². The second kappa shape index (κ2) is 6.49. The van der Waals surface area contributed by atoms with Gasteiger partial charge < -0.3 is 10.1 Å². The molecular weight excluding hydrogens is 186 g/mol. The van der Waals surface area contributed by atoms with Crippen LogP contribution in [-0.2, 0) is 4.74 Å². The number of rotatable bonds is 6. The summed E-state index contributed by atoms with van der Waals surface area (Å²) in [6.45, 7) is 3.18. The molecule has 2 fully saturated rings. The Morgan fingerprint density at radius 3 is 2.47 bits per heavy atom. The second-order valence-corrected chi connectivity index (χ2v) is 5.13. The molecule has 0 aromatic rings. The fourth-order valence-electron chi connectivity index (χ4n) is 2.53. The lowest BCUT2D eigenvalue weighted by molar-refractivity contribution is 0.0968. The highest BCUT2D eigenvalue weighted by Crippen LogP contribution is 2.29. The van der Waals surface area contributed by atoms with E-state index in [4.69, 9.17) is 4.74 Å². The summed E-state index contributed by atoms with van der Waals surface area (Å²) in [7, 11) is 0. The zero-order valence-corrected chi connectivity index (χ0v) is 9.84. The molecule has 2 aliphatic rings. The average molecular weight is 211 g/mol. The largest absolute Gasteiger partial charge is 0.381 e. The minimum absolute atomic E-state index is 0.738. The predicted molar refractivity (Wildman–Crippen MR) is 63.0 cm³/mol.